The topological polar surface area (TPSA) is 43.2 Å². The van der Waals surface area contributed by atoms with Crippen molar-refractivity contribution in [3.63, 3.8) is 0 Å². The van der Waals surface area contributed by atoms with Crippen LogP contribution in [0.5, 0.6) is 0 Å². The summed E-state index contributed by atoms with van der Waals surface area (Å²) in [7, 11) is 7.93. The van der Waals surface area contributed by atoms with Crippen molar-refractivity contribution in [1.29, 1.82) is 0 Å². The zero-order chi connectivity index (χ0) is 13.3. The van der Waals surface area contributed by atoms with Crippen LogP contribution in [0, 0.1) is 0 Å². The maximum Gasteiger partial charge on any atom is 0.221 e. The van der Waals surface area contributed by atoms with Crippen molar-refractivity contribution in [3.05, 3.63) is 0 Å². The Morgan fingerprint density at radius 2 is 1.59 bits per heavy atom. The lowest BCUT2D eigenvalue weighted by Gasteiger charge is -2.22. The van der Waals surface area contributed by atoms with Gasteiger partial charge in [0.05, 0.1) is 0 Å². The highest BCUT2D eigenvalue weighted by Gasteiger charge is 2.06. The number of rotatable bonds is 4. The van der Waals surface area contributed by atoms with E-state index in [1.165, 1.54) is 0 Å². The first-order valence-electron chi connectivity index (χ1n) is 6.24. The summed E-state index contributed by atoms with van der Waals surface area (Å²) in [5.74, 6) is 1.62. The average molecular weight is 241 g/mol. The summed E-state index contributed by atoms with van der Waals surface area (Å²) in [5.41, 5.74) is 0. The molecule has 5 nitrogen and oxygen atoms in total. The predicted molar refractivity (Wildman–Crippen MR) is 75.7 cm³/mol. The zero-order valence-corrected chi connectivity index (χ0v) is 12.1. The second kappa shape index (κ2) is 8.84. The summed E-state index contributed by atoms with van der Waals surface area (Å²) in [6.45, 7) is 5.96. The zero-order valence-electron chi connectivity index (χ0n) is 12.1. The quantitative estimate of drug-likeness (QED) is 0.595. The molecule has 0 spiro atoms. The molecule has 0 amide bonds. The van der Waals surface area contributed by atoms with Crippen molar-refractivity contribution in [2.75, 3.05) is 41.3 Å². The van der Waals surface area contributed by atoms with Gasteiger partial charge in [-0.1, -0.05) is 13.8 Å². The van der Waals surface area contributed by atoms with E-state index in [2.05, 4.69) is 29.1 Å². The Kier molecular flexibility index (Phi) is 8.19. The van der Waals surface area contributed by atoms with E-state index in [4.69, 9.17) is 0 Å². The van der Waals surface area contributed by atoms with Gasteiger partial charge < -0.3 is 15.1 Å². The molecule has 0 aliphatic rings. The lowest BCUT2D eigenvalue weighted by Crippen LogP contribution is -2.38. The molecule has 0 aromatic carbocycles. The van der Waals surface area contributed by atoms with Gasteiger partial charge >= 0.3 is 0 Å². The second-order valence-electron chi connectivity index (χ2n) is 4.33. The molecule has 0 bridgehead atoms. The Balaban J connectivity index is 4.82. The molecule has 0 radical (unpaired) electrons. The summed E-state index contributed by atoms with van der Waals surface area (Å²) in [6.07, 6.45) is 2.10. The normalized spacial score (nSPS) is 11.1. The van der Waals surface area contributed by atoms with Gasteiger partial charge in [-0.3, -0.25) is 4.99 Å². The molecular formula is C12H27N5. The molecule has 0 unspecified atom stereocenters. The van der Waals surface area contributed by atoms with Crippen LogP contribution < -0.4 is 5.32 Å². The van der Waals surface area contributed by atoms with Gasteiger partial charge in [-0.05, 0) is 12.8 Å². The van der Waals surface area contributed by atoms with Crippen molar-refractivity contribution in [3.8, 4) is 0 Å². The van der Waals surface area contributed by atoms with Crippen molar-refractivity contribution >= 4 is 11.9 Å². The molecule has 0 saturated carbocycles. The van der Waals surface area contributed by atoms with E-state index in [-0.39, 0.29) is 0 Å². The maximum absolute atomic E-state index is 4.56. The Bertz CT molecular complexity index is 246. The molecule has 17 heavy (non-hydrogen) atoms. The van der Waals surface area contributed by atoms with Gasteiger partial charge in [0.15, 0.2) is 0 Å². The number of hydrogen-bond donors (Lipinski definition) is 1. The summed E-state index contributed by atoms with van der Waals surface area (Å²) in [6, 6.07) is 0. The Hall–Kier alpha value is -1.26. The molecular weight excluding hydrogens is 214 g/mol. The van der Waals surface area contributed by atoms with E-state index < -0.39 is 0 Å². The van der Waals surface area contributed by atoms with Crippen LogP contribution in [0.1, 0.15) is 26.7 Å². The molecule has 0 aromatic rings. The van der Waals surface area contributed by atoms with E-state index in [1.54, 1.807) is 0 Å². The SMILES string of the molecule is CCC/N=C(\N=C(N(C)C)N(C)C)NCCC. The molecule has 0 fully saturated rings. The highest BCUT2D eigenvalue weighted by Crippen LogP contribution is 1.92. The molecule has 0 heterocycles. The van der Waals surface area contributed by atoms with Gasteiger partial charge in [-0.2, -0.15) is 4.99 Å². The summed E-state index contributed by atoms with van der Waals surface area (Å²) >= 11 is 0. The van der Waals surface area contributed by atoms with Gasteiger partial charge in [0, 0.05) is 41.3 Å². The van der Waals surface area contributed by atoms with Crippen LogP contribution >= 0.6 is 0 Å². The third kappa shape index (κ3) is 6.81. The van der Waals surface area contributed by atoms with Crippen LogP contribution in [0.2, 0.25) is 0 Å². The molecule has 0 rings (SSSR count). The Labute approximate surface area is 106 Å². The van der Waals surface area contributed by atoms with E-state index in [0.717, 1.165) is 37.9 Å². The molecule has 0 saturated heterocycles. The van der Waals surface area contributed by atoms with Gasteiger partial charge in [0.25, 0.3) is 0 Å². The fourth-order valence-corrected chi connectivity index (χ4v) is 1.28. The van der Waals surface area contributed by atoms with Crippen LogP contribution in [-0.2, 0) is 0 Å². The molecule has 0 aliphatic heterocycles. The van der Waals surface area contributed by atoms with Crippen LogP contribution in [-0.4, -0.2) is 63.0 Å². The minimum atomic E-state index is 0.728. The monoisotopic (exact) mass is 241 g/mol. The molecule has 100 valence electrons. The lowest BCUT2D eigenvalue weighted by atomic mass is 10.5. The minimum absolute atomic E-state index is 0.728. The smallest absolute Gasteiger partial charge is 0.221 e. The molecule has 0 aromatic heterocycles. The first-order valence-corrected chi connectivity index (χ1v) is 6.24. The number of nitrogens with zero attached hydrogens (tertiary/aromatic N) is 4. The van der Waals surface area contributed by atoms with E-state index in [0.29, 0.717) is 0 Å². The fraction of sp³-hybridized carbons (Fsp3) is 0.833. The standard InChI is InChI=1S/C12H27N5/c1-7-9-13-11(14-10-8-2)15-12(16(3)4)17(5)6/h7-10H2,1-6H3,(H,13,14). The van der Waals surface area contributed by atoms with Crippen molar-refractivity contribution in [2.45, 2.75) is 26.7 Å². The highest BCUT2D eigenvalue weighted by molar-refractivity contribution is 5.94. The predicted octanol–water partition coefficient (Wildman–Crippen LogP) is 1.23. The largest absolute Gasteiger partial charge is 0.354 e. The van der Waals surface area contributed by atoms with Gasteiger partial charge in [-0.15, -0.1) is 0 Å². The van der Waals surface area contributed by atoms with Crippen LogP contribution in [0.3, 0.4) is 0 Å². The lowest BCUT2D eigenvalue weighted by molar-refractivity contribution is 0.484. The molecule has 1 N–H and O–H groups in total. The number of aliphatic imine (C=N–C) groups is 2. The number of guanidine groups is 2. The maximum atomic E-state index is 4.56. The average Bonchev–Trinajstić information content (AvgIpc) is 2.27. The van der Waals surface area contributed by atoms with Crippen molar-refractivity contribution in [1.82, 2.24) is 15.1 Å². The first kappa shape index (κ1) is 15.7. The second-order valence-corrected chi connectivity index (χ2v) is 4.33. The minimum Gasteiger partial charge on any atom is -0.354 e. The summed E-state index contributed by atoms with van der Waals surface area (Å²) in [5, 5.41) is 3.25. The third-order valence-electron chi connectivity index (χ3n) is 2.02. The van der Waals surface area contributed by atoms with Crippen LogP contribution in [0.4, 0.5) is 0 Å². The number of hydrogen-bond acceptors (Lipinski definition) is 1. The Morgan fingerprint density at radius 1 is 1.00 bits per heavy atom. The first-order chi connectivity index (χ1) is 8.02. The van der Waals surface area contributed by atoms with E-state index in [1.807, 2.05) is 38.0 Å². The van der Waals surface area contributed by atoms with Crippen LogP contribution in [0.15, 0.2) is 9.98 Å². The molecule has 0 atom stereocenters. The molecule has 5 heteroatoms. The third-order valence-corrected chi connectivity index (χ3v) is 2.02. The van der Waals surface area contributed by atoms with Crippen LogP contribution in [0.25, 0.3) is 0 Å². The van der Waals surface area contributed by atoms with Gasteiger partial charge in [-0.25, -0.2) is 0 Å². The summed E-state index contributed by atoms with van der Waals surface area (Å²) < 4.78 is 0. The molecule has 0 aliphatic carbocycles. The van der Waals surface area contributed by atoms with Gasteiger partial charge in [0.1, 0.15) is 0 Å². The van der Waals surface area contributed by atoms with E-state index in [9.17, 15) is 0 Å². The number of nitrogens with one attached hydrogen (secondary N) is 1. The van der Waals surface area contributed by atoms with Crippen molar-refractivity contribution < 1.29 is 0 Å². The summed E-state index contributed by atoms with van der Waals surface area (Å²) in [4.78, 5) is 13.0. The van der Waals surface area contributed by atoms with Gasteiger partial charge in [0.2, 0.25) is 11.9 Å². The Morgan fingerprint density at radius 3 is 2.00 bits per heavy atom. The van der Waals surface area contributed by atoms with Crippen molar-refractivity contribution in [2.24, 2.45) is 9.98 Å². The fourth-order valence-electron chi connectivity index (χ4n) is 1.28. The van der Waals surface area contributed by atoms with E-state index >= 15 is 0 Å². The highest BCUT2D eigenvalue weighted by atomic mass is 15.4.